The first kappa shape index (κ1) is 14.6. The Morgan fingerprint density at radius 2 is 2.00 bits per heavy atom. The van der Waals surface area contributed by atoms with Crippen LogP contribution in [0, 0.1) is 11.8 Å². The molecule has 118 valence electrons. The molecule has 0 saturated carbocycles. The Morgan fingerprint density at radius 1 is 1.13 bits per heavy atom. The van der Waals surface area contributed by atoms with E-state index >= 15 is 0 Å². The van der Waals surface area contributed by atoms with Crippen molar-refractivity contribution in [3.63, 3.8) is 0 Å². The number of allylic oxidation sites excluding steroid dienone is 1. The molecule has 2 bridgehead atoms. The summed E-state index contributed by atoms with van der Waals surface area (Å²) in [6.07, 6.45) is 9.52. The van der Waals surface area contributed by atoms with E-state index in [9.17, 15) is 0 Å². The molecule has 3 atom stereocenters. The number of rotatable bonds is 3. The molecule has 0 radical (unpaired) electrons. The highest BCUT2D eigenvalue weighted by Crippen LogP contribution is 2.43. The van der Waals surface area contributed by atoms with Crippen molar-refractivity contribution in [1.29, 1.82) is 0 Å². The monoisotopic (exact) mass is 306 g/mol. The molecule has 1 aromatic carbocycles. The van der Waals surface area contributed by atoms with Crippen molar-refractivity contribution in [3.05, 3.63) is 77.6 Å². The Morgan fingerprint density at radius 3 is 2.87 bits per heavy atom. The second-order valence-corrected chi connectivity index (χ2v) is 6.94. The van der Waals surface area contributed by atoms with Crippen LogP contribution in [0.15, 0.2) is 66.5 Å². The van der Waals surface area contributed by atoms with Gasteiger partial charge in [0.1, 0.15) is 0 Å². The first-order valence-corrected chi connectivity index (χ1v) is 8.61. The molecule has 2 heteroatoms. The fourth-order valence-electron chi connectivity index (χ4n) is 3.93. The molecule has 2 nitrogen and oxygen atoms in total. The highest BCUT2D eigenvalue weighted by Gasteiger charge is 2.36. The van der Waals surface area contributed by atoms with Gasteiger partial charge in [0.05, 0.1) is 12.7 Å². The summed E-state index contributed by atoms with van der Waals surface area (Å²) in [6.45, 7) is 4.07. The zero-order chi connectivity index (χ0) is 15.6. The van der Waals surface area contributed by atoms with Crippen LogP contribution in [0.2, 0.25) is 0 Å². The Hall–Kier alpha value is -1.93. The maximum absolute atomic E-state index is 6.25. The maximum Gasteiger partial charge on any atom is 0.174 e. The van der Waals surface area contributed by atoms with Gasteiger partial charge in [-0.15, -0.1) is 0 Å². The van der Waals surface area contributed by atoms with Crippen molar-refractivity contribution in [3.8, 4) is 0 Å². The Bertz CT molecular complexity index is 707. The molecule has 1 aliphatic heterocycles. The van der Waals surface area contributed by atoms with Gasteiger partial charge in [0.15, 0.2) is 18.9 Å². The van der Waals surface area contributed by atoms with Gasteiger partial charge >= 0.3 is 0 Å². The molecule has 0 N–H and O–H groups in total. The van der Waals surface area contributed by atoms with Gasteiger partial charge in [-0.2, -0.15) is 0 Å². The van der Waals surface area contributed by atoms with Crippen LogP contribution in [0.3, 0.4) is 0 Å². The smallest absolute Gasteiger partial charge is 0.174 e. The number of hydrogen-bond acceptors (Lipinski definition) is 1. The largest absolute Gasteiger partial charge is 0.372 e. The number of fused-ring (bicyclic) bond motifs is 2. The van der Waals surface area contributed by atoms with E-state index < -0.39 is 0 Å². The lowest BCUT2D eigenvalue weighted by atomic mass is 9.75. The number of hydrogen-bond donors (Lipinski definition) is 0. The Balaban J connectivity index is 1.58. The predicted octanol–water partition coefficient (Wildman–Crippen LogP) is 4.07. The summed E-state index contributed by atoms with van der Waals surface area (Å²) in [5.41, 5.74) is 4.14. The molecule has 2 aromatic rings. The second kappa shape index (κ2) is 6.29. The van der Waals surface area contributed by atoms with E-state index in [1.54, 1.807) is 0 Å². The number of aromatic nitrogens is 1. The molecular weight excluding hydrogens is 282 g/mol. The molecule has 1 saturated heterocycles. The predicted molar refractivity (Wildman–Crippen MR) is 90.8 cm³/mol. The van der Waals surface area contributed by atoms with Crippen LogP contribution in [-0.4, -0.2) is 6.61 Å². The van der Waals surface area contributed by atoms with E-state index in [-0.39, 0.29) is 6.10 Å². The molecule has 1 fully saturated rings. The lowest BCUT2D eigenvalue weighted by Gasteiger charge is -2.39. The zero-order valence-electron chi connectivity index (χ0n) is 13.7. The fourth-order valence-corrected chi connectivity index (χ4v) is 3.93. The summed E-state index contributed by atoms with van der Waals surface area (Å²) in [6, 6.07) is 15.0. The molecule has 1 aromatic heterocycles. The van der Waals surface area contributed by atoms with Gasteiger partial charge in [-0.3, -0.25) is 0 Å². The molecule has 4 rings (SSSR count). The molecule has 23 heavy (non-hydrogen) atoms. The van der Waals surface area contributed by atoms with E-state index in [4.69, 9.17) is 4.74 Å². The molecule has 0 amide bonds. The van der Waals surface area contributed by atoms with Crippen molar-refractivity contribution in [2.75, 3.05) is 6.61 Å². The number of pyridine rings is 1. The van der Waals surface area contributed by atoms with Crippen LogP contribution in [0.25, 0.3) is 0 Å². The molecule has 2 heterocycles. The van der Waals surface area contributed by atoms with Crippen molar-refractivity contribution in [2.24, 2.45) is 11.8 Å². The van der Waals surface area contributed by atoms with E-state index in [0.717, 1.165) is 19.1 Å². The third kappa shape index (κ3) is 3.09. The number of ether oxygens (including phenoxy) is 1. The highest BCUT2D eigenvalue weighted by molar-refractivity contribution is 5.20. The van der Waals surface area contributed by atoms with Crippen LogP contribution in [-0.2, 0) is 11.3 Å². The molecule has 2 aliphatic rings. The average Bonchev–Trinajstić information content (AvgIpc) is 2.60. The van der Waals surface area contributed by atoms with E-state index in [0.29, 0.717) is 5.92 Å². The Labute approximate surface area is 138 Å². The second-order valence-electron chi connectivity index (χ2n) is 6.94. The Kier molecular flexibility index (Phi) is 4.00. The standard InChI is InChI=1S/C21H24NO/c1-16-9-10-18-12-20(16)21(23-15-18)19-8-5-11-22(14-19)13-17-6-3-2-4-7-17/h2-9,11,14,18,20-21H,10,12-13,15H2,1H3/q+1/t18-,20+,21-/m0/s1. The van der Waals surface area contributed by atoms with E-state index in [2.05, 4.69) is 72.4 Å². The van der Waals surface area contributed by atoms with Crippen LogP contribution < -0.4 is 4.57 Å². The highest BCUT2D eigenvalue weighted by atomic mass is 16.5. The summed E-state index contributed by atoms with van der Waals surface area (Å²) in [4.78, 5) is 0. The van der Waals surface area contributed by atoms with Crippen molar-refractivity contribution in [2.45, 2.75) is 32.4 Å². The zero-order valence-corrected chi connectivity index (χ0v) is 13.7. The summed E-state index contributed by atoms with van der Waals surface area (Å²) < 4.78 is 8.52. The quantitative estimate of drug-likeness (QED) is 0.615. The normalized spacial score (nSPS) is 26.7. The van der Waals surface area contributed by atoms with Gasteiger partial charge in [0.25, 0.3) is 0 Å². The minimum Gasteiger partial charge on any atom is -0.372 e. The van der Waals surface area contributed by atoms with Crippen molar-refractivity contribution in [1.82, 2.24) is 0 Å². The minimum atomic E-state index is 0.214. The first-order chi connectivity index (χ1) is 11.3. The third-order valence-corrected chi connectivity index (χ3v) is 5.24. The average molecular weight is 306 g/mol. The SMILES string of the molecule is CC1=CC[C@@H]2CO[C@@H](c3ccc[n+](Cc4ccccc4)c3)[C@@H]1C2. The van der Waals surface area contributed by atoms with Crippen LogP contribution in [0.4, 0.5) is 0 Å². The van der Waals surface area contributed by atoms with Gasteiger partial charge in [-0.1, -0.05) is 42.0 Å². The molecule has 0 spiro atoms. The summed E-state index contributed by atoms with van der Waals surface area (Å²) in [7, 11) is 0. The lowest BCUT2D eigenvalue weighted by molar-refractivity contribution is -0.689. The summed E-state index contributed by atoms with van der Waals surface area (Å²) in [5, 5.41) is 0. The van der Waals surface area contributed by atoms with Crippen LogP contribution >= 0.6 is 0 Å². The van der Waals surface area contributed by atoms with Gasteiger partial charge in [0.2, 0.25) is 0 Å². The molecule has 0 unspecified atom stereocenters. The van der Waals surface area contributed by atoms with Crippen LogP contribution in [0.5, 0.6) is 0 Å². The molecular formula is C21H24NO+. The van der Waals surface area contributed by atoms with Crippen molar-refractivity contribution >= 4 is 0 Å². The molecule has 1 aliphatic carbocycles. The van der Waals surface area contributed by atoms with Crippen LogP contribution in [0.1, 0.15) is 37.0 Å². The van der Waals surface area contributed by atoms with Gasteiger partial charge in [0, 0.05) is 23.1 Å². The topological polar surface area (TPSA) is 13.1 Å². The number of nitrogens with zero attached hydrogens (tertiary/aromatic N) is 1. The van der Waals surface area contributed by atoms with Crippen molar-refractivity contribution < 1.29 is 9.30 Å². The number of benzene rings is 1. The summed E-state index contributed by atoms with van der Waals surface area (Å²) in [5.74, 6) is 1.27. The van der Waals surface area contributed by atoms with Gasteiger partial charge in [-0.25, -0.2) is 4.57 Å². The fraction of sp³-hybridized carbons (Fsp3) is 0.381. The minimum absolute atomic E-state index is 0.214. The van der Waals surface area contributed by atoms with E-state index in [1.807, 2.05) is 0 Å². The summed E-state index contributed by atoms with van der Waals surface area (Å²) >= 11 is 0. The lowest BCUT2D eigenvalue weighted by Crippen LogP contribution is -2.37. The third-order valence-electron chi connectivity index (χ3n) is 5.24. The van der Waals surface area contributed by atoms with Gasteiger partial charge < -0.3 is 4.74 Å². The van der Waals surface area contributed by atoms with Gasteiger partial charge in [-0.05, 0) is 31.7 Å². The maximum atomic E-state index is 6.25. The van der Waals surface area contributed by atoms with E-state index in [1.165, 1.54) is 29.5 Å². The first-order valence-electron chi connectivity index (χ1n) is 8.61.